The van der Waals surface area contributed by atoms with Gasteiger partial charge in [0, 0.05) is 43.3 Å². The second kappa shape index (κ2) is 9.30. The van der Waals surface area contributed by atoms with Gasteiger partial charge in [0.2, 0.25) is 5.82 Å². The minimum Gasteiger partial charge on any atom is -0.369 e. The van der Waals surface area contributed by atoms with E-state index >= 15 is 0 Å². The van der Waals surface area contributed by atoms with Gasteiger partial charge >= 0.3 is 0 Å². The van der Waals surface area contributed by atoms with E-state index in [4.69, 9.17) is 16.1 Å². The van der Waals surface area contributed by atoms with Crippen molar-refractivity contribution >= 4 is 17.4 Å². The highest BCUT2D eigenvalue weighted by atomic mass is 35.5. The van der Waals surface area contributed by atoms with Crippen LogP contribution in [-0.4, -0.2) is 76.5 Å². The number of halogens is 1. The number of piperazine rings is 1. The Bertz CT molecular complexity index is 905. The average molecular weight is 414 g/mol. The molecule has 1 N–H and O–H groups in total. The van der Waals surface area contributed by atoms with Crippen LogP contribution in [0.1, 0.15) is 6.42 Å². The SMILES string of the molecule is CN1CCN(CCCNc2ccc(-c3nc(-c4ccc(Cl)cc4)no3)nn2)CC1. The predicted octanol–water partition coefficient (Wildman–Crippen LogP) is 2.90. The smallest absolute Gasteiger partial charge is 0.278 e. The number of aromatic nitrogens is 4. The molecule has 3 aromatic rings. The maximum Gasteiger partial charge on any atom is 0.278 e. The van der Waals surface area contributed by atoms with Crippen LogP contribution in [0.2, 0.25) is 5.02 Å². The van der Waals surface area contributed by atoms with Crippen molar-refractivity contribution < 1.29 is 4.52 Å². The number of hydrogen-bond acceptors (Lipinski definition) is 8. The standard InChI is InChI=1S/C20H24ClN7O/c1-27-11-13-28(14-12-27)10-2-9-22-18-8-7-17(24-25-18)20-23-19(26-29-20)15-3-5-16(21)6-4-15/h3-8H,2,9-14H2,1H3,(H,22,25). The van der Waals surface area contributed by atoms with E-state index in [1.54, 1.807) is 12.1 Å². The highest BCUT2D eigenvalue weighted by molar-refractivity contribution is 6.30. The maximum atomic E-state index is 5.91. The minimum atomic E-state index is 0.337. The molecule has 29 heavy (non-hydrogen) atoms. The minimum absolute atomic E-state index is 0.337. The number of anilines is 1. The summed E-state index contributed by atoms with van der Waals surface area (Å²) in [6, 6.07) is 11.0. The largest absolute Gasteiger partial charge is 0.369 e. The Labute approximate surface area is 174 Å². The summed E-state index contributed by atoms with van der Waals surface area (Å²) in [4.78, 5) is 9.26. The summed E-state index contributed by atoms with van der Waals surface area (Å²) in [6.45, 7) is 6.55. The molecule has 0 aliphatic carbocycles. The number of rotatable bonds is 7. The first-order valence-electron chi connectivity index (χ1n) is 9.76. The first-order chi connectivity index (χ1) is 14.2. The van der Waals surface area contributed by atoms with E-state index in [1.807, 2.05) is 24.3 Å². The van der Waals surface area contributed by atoms with Crippen LogP contribution in [-0.2, 0) is 0 Å². The average Bonchev–Trinajstić information content (AvgIpc) is 3.24. The molecule has 1 aromatic carbocycles. The normalized spacial score (nSPS) is 15.5. The van der Waals surface area contributed by atoms with E-state index in [9.17, 15) is 0 Å². The van der Waals surface area contributed by atoms with Crippen molar-refractivity contribution in [1.82, 2.24) is 30.1 Å². The second-order valence-electron chi connectivity index (χ2n) is 7.16. The number of likely N-dealkylation sites (N-methyl/N-ethyl adjacent to an activating group) is 1. The zero-order valence-electron chi connectivity index (χ0n) is 16.4. The van der Waals surface area contributed by atoms with Crippen molar-refractivity contribution in [3.63, 3.8) is 0 Å². The van der Waals surface area contributed by atoms with Crippen molar-refractivity contribution in [3.8, 4) is 23.0 Å². The van der Waals surface area contributed by atoms with Crippen molar-refractivity contribution in [2.75, 3.05) is 51.6 Å². The lowest BCUT2D eigenvalue weighted by Crippen LogP contribution is -2.44. The van der Waals surface area contributed by atoms with Crippen LogP contribution in [0.3, 0.4) is 0 Å². The Morgan fingerprint density at radius 3 is 2.55 bits per heavy atom. The molecule has 0 atom stereocenters. The van der Waals surface area contributed by atoms with E-state index in [2.05, 4.69) is 42.5 Å². The van der Waals surface area contributed by atoms with E-state index in [1.165, 1.54) is 0 Å². The summed E-state index contributed by atoms with van der Waals surface area (Å²) in [5, 5.41) is 16.4. The molecule has 0 bridgehead atoms. The van der Waals surface area contributed by atoms with Crippen LogP contribution in [0.15, 0.2) is 40.9 Å². The van der Waals surface area contributed by atoms with E-state index < -0.39 is 0 Å². The fraction of sp³-hybridized carbons (Fsp3) is 0.400. The van der Waals surface area contributed by atoms with Crippen LogP contribution in [0.4, 0.5) is 5.82 Å². The molecule has 0 radical (unpaired) electrons. The molecule has 0 spiro atoms. The Morgan fingerprint density at radius 2 is 1.83 bits per heavy atom. The fourth-order valence-electron chi connectivity index (χ4n) is 3.17. The molecule has 152 valence electrons. The Morgan fingerprint density at radius 1 is 1.03 bits per heavy atom. The molecule has 9 heteroatoms. The first kappa shape index (κ1) is 19.8. The summed E-state index contributed by atoms with van der Waals surface area (Å²) in [5.41, 5.74) is 1.37. The quantitative estimate of drug-likeness (QED) is 0.592. The van der Waals surface area contributed by atoms with Crippen molar-refractivity contribution in [2.45, 2.75) is 6.42 Å². The van der Waals surface area contributed by atoms with E-state index in [-0.39, 0.29) is 0 Å². The molecule has 1 fully saturated rings. The molecule has 0 unspecified atom stereocenters. The van der Waals surface area contributed by atoms with Gasteiger partial charge in [-0.1, -0.05) is 16.8 Å². The number of nitrogens with zero attached hydrogens (tertiary/aromatic N) is 6. The highest BCUT2D eigenvalue weighted by Crippen LogP contribution is 2.22. The van der Waals surface area contributed by atoms with Crippen LogP contribution in [0.5, 0.6) is 0 Å². The lowest BCUT2D eigenvalue weighted by atomic mass is 10.2. The highest BCUT2D eigenvalue weighted by Gasteiger charge is 2.14. The maximum absolute atomic E-state index is 5.91. The van der Waals surface area contributed by atoms with Gasteiger partial charge in [-0.3, -0.25) is 0 Å². The summed E-state index contributed by atoms with van der Waals surface area (Å²) >= 11 is 5.91. The topological polar surface area (TPSA) is 83.2 Å². The third-order valence-electron chi connectivity index (χ3n) is 4.97. The van der Waals surface area contributed by atoms with Gasteiger partial charge in [0.25, 0.3) is 5.89 Å². The third kappa shape index (κ3) is 5.29. The molecule has 4 rings (SSSR count). The van der Waals surface area contributed by atoms with Crippen molar-refractivity contribution in [3.05, 3.63) is 41.4 Å². The second-order valence-corrected chi connectivity index (χ2v) is 7.60. The number of benzene rings is 1. The van der Waals surface area contributed by atoms with Gasteiger partial charge in [0.15, 0.2) is 5.69 Å². The molecule has 8 nitrogen and oxygen atoms in total. The lowest BCUT2D eigenvalue weighted by Gasteiger charge is -2.32. The van der Waals surface area contributed by atoms with Gasteiger partial charge in [0.1, 0.15) is 5.82 Å². The van der Waals surface area contributed by atoms with Crippen molar-refractivity contribution in [1.29, 1.82) is 0 Å². The molecule has 1 aliphatic rings. The Balaban J connectivity index is 1.27. The van der Waals surface area contributed by atoms with Gasteiger partial charge in [-0.25, -0.2) is 0 Å². The number of nitrogens with one attached hydrogen (secondary N) is 1. The van der Waals surface area contributed by atoms with Gasteiger partial charge in [-0.05, 0) is 56.4 Å². The Hall–Kier alpha value is -2.55. The van der Waals surface area contributed by atoms with Crippen LogP contribution < -0.4 is 5.32 Å². The molecule has 1 saturated heterocycles. The monoisotopic (exact) mass is 413 g/mol. The third-order valence-corrected chi connectivity index (χ3v) is 5.22. The molecular formula is C20H24ClN7O. The summed E-state index contributed by atoms with van der Waals surface area (Å²) < 4.78 is 5.32. The fourth-order valence-corrected chi connectivity index (χ4v) is 3.30. The summed E-state index contributed by atoms with van der Waals surface area (Å²) in [5.74, 6) is 1.57. The van der Waals surface area contributed by atoms with E-state index in [0.717, 1.165) is 57.1 Å². The van der Waals surface area contributed by atoms with Crippen molar-refractivity contribution in [2.24, 2.45) is 0 Å². The molecule has 2 aromatic heterocycles. The molecule has 3 heterocycles. The molecule has 0 saturated carbocycles. The van der Waals surface area contributed by atoms with Crippen LogP contribution >= 0.6 is 11.6 Å². The molecule has 0 amide bonds. The van der Waals surface area contributed by atoms with Gasteiger partial charge in [-0.15, -0.1) is 10.2 Å². The lowest BCUT2D eigenvalue weighted by molar-refractivity contribution is 0.154. The Kier molecular flexibility index (Phi) is 6.33. The molecule has 1 aliphatic heterocycles. The van der Waals surface area contributed by atoms with Gasteiger partial charge in [-0.2, -0.15) is 4.98 Å². The van der Waals surface area contributed by atoms with Gasteiger partial charge in [0.05, 0.1) is 0 Å². The summed E-state index contributed by atoms with van der Waals surface area (Å²) in [6.07, 6.45) is 1.07. The molecular weight excluding hydrogens is 390 g/mol. The number of hydrogen-bond donors (Lipinski definition) is 1. The van der Waals surface area contributed by atoms with Crippen LogP contribution in [0.25, 0.3) is 23.0 Å². The van der Waals surface area contributed by atoms with Gasteiger partial charge < -0.3 is 19.6 Å². The predicted molar refractivity (Wildman–Crippen MR) is 113 cm³/mol. The first-order valence-corrected chi connectivity index (χ1v) is 10.1. The van der Waals surface area contributed by atoms with Crippen LogP contribution in [0, 0.1) is 0 Å². The summed E-state index contributed by atoms with van der Waals surface area (Å²) in [7, 11) is 2.17. The zero-order valence-corrected chi connectivity index (χ0v) is 17.1. The van der Waals surface area contributed by atoms with E-state index in [0.29, 0.717) is 22.4 Å². The zero-order chi connectivity index (χ0) is 20.1.